The highest BCUT2D eigenvalue weighted by Crippen LogP contribution is 2.29. The average Bonchev–Trinajstić information content (AvgIpc) is 2.48. The van der Waals surface area contributed by atoms with Crippen LogP contribution in [0.2, 0.25) is 0 Å². The molecule has 0 heterocycles. The molecule has 1 aliphatic carbocycles. The molecule has 0 aliphatic heterocycles. The second-order valence-electron chi connectivity index (χ2n) is 5.40. The SMILES string of the molecule is O=C(O)C1CCC(C/N=C/c2ccc([N+](=O)[O-])cc2)CC1. The summed E-state index contributed by atoms with van der Waals surface area (Å²) in [6.07, 6.45) is 4.97. The van der Waals surface area contributed by atoms with Crippen molar-refractivity contribution in [3.63, 3.8) is 0 Å². The number of nitro benzene ring substituents is 1. The lowest BCUT2D eigenvalue weighted by Crippen LogP contribution is -2.22. The van der Waals surface area contributed by atoms with Gasteiger partial charge in [-0.2, -0.15) is 0 Å². The molecule has 0 amide bonds. The number of nitro groups is 1. The standard InChI is InChI=1S/C15H18N2O4/c18-15(19)13-5-1-11(2-6-13)9-16-10-12-3-7-14(8-4-12)17(20)21/h3-4,7-8,10-11,13H,1-2,5-6,9H2,(H,18,19)/b16-10+. The highest BCUT2D eigenvalue weighted by atomic mass is 16.6. The molecule has 0 radical (unpaired) electrons. The number of aliphatic imine (C=N–C) groups is 1. The van der Waals surface area contributed by atoms with Crippen LogP contribution >= 0.6 is 0 Å². The van der Waals surface area contributed by atoms with E-state index < -0.39 is 10.9 Å². The summed E-state index contributed by atoms with van der Waals surface area (Å²) in [6.45, 7) is 0.684. The van der Waals surface area contributed by atoms with E-state index in [0.29, 0.717) is 12.5 Å². The van der Waals surface area contributed by atoms with Gasteiger partial charge in [0, 0.05) is 24.9 Å². The summed E-state index contributed by atoms with van der Waals surface area (Å²) in [4.78, 5) is 25.3. The number of non-ortho nitro benzene ring substituents is 1. The smallest absolute Gasteiger partial charge is 0.306 e. The average molecular weight is 290 g/mol. The maximum atomic E-state index is 10.9. The lowest BCUT2D eigenvalue weighted by Gasteiger charge is -2.24. The van der Waals surface area contributed by atoms with Gasteiger partial charge in [0.1, 0.15) is 0 Å². The summed E-state index contributed by atoms with van der Waals surface area (Å²) in [5.74, 6) is -0.447. The Kier molecular flexibility index (Phi) is 5.03. The van der Waals surface area contributed by atoms with Gasteiger partial charge in [-0.25, -0.2) is 0 Å². The van der Waals surface area contributed by atoms with Crippen LogP contribution in [0.25, 0.3) is 0 Å². The summed E-state index contributed by atoms with van der Waals surface area (Å²) in [5, 5.41) is 19.5. The van der Waals surface area contributed by atoms with Gasteiger partial charge in [-0.15, -0.1) is 0 Å². The van der Waals surface area contributed by atoms with E-state index in [1.54, 1.807) is 18.3 Å². The maximum absolute atomic E-state index is 10.9. The normalized spacial score (nSPS) is 22.3. The fourth-order valence-corrected chi connectivity index (χ4v) is 2.58. The van der Waals surface area contributed by atoms with E-state index in [9.17, 15) is 14.9 Å². The van der Waals surface area contributed by atoms with Crippen LogP contribution in [0, 0.1) is 22.0 Å². The highest BCUT2D eigenvalue weighted by Gasteiger charge is 2.25. The molecule has 0 aromatic heterocycles. The highest BCUT2D eigenvalue weighted by molar-refractivity contribution is 5.79. The molecule has 0 unspecified atom stereocenters. The van der Waals surface area contributed by atoms with Gasteiger partial charge in [0.25, 0.3) is 5.69 Å². The van der Waals surface area contributed by atoms with Gasteiger partial charge < -0.3 is 5.11 Å². The molecule has 6 nitrogen and oxygen atoms in total. The third-order valence-corrected chi connectivity index (χ3v) is 3.90. The number of aliphatic carboxylic acids is 1. The van der Waals surface area contributed by atoms with Crippen molar-refractivity contribution in [2.75, 3.05) is 6.54 Å². The molecule has 0 atom stereocenters. The zero-order valence-electron chi connectivity index (χ0n) is 11.6. The van der Waals surface area contributed by atoms with Crippen LogP contribution in [0.4, 0.5) is 5.69 Å². The molecule has 0 saturated heterocycles. The first-order valence-electron chi connectivity index (χ1n) is 7.03. The first-order chi connectivity index (χ1) is 10.1. The summed E-state index contributed by atoms with van der Waals surface area (Å²) >= 11 is 0. The van der Waals surface area contributed by atoms with Crippen LogP contribution in [0.1, 0.15) is 31.2 Å². The molecular weight excluding hydrogens is 272 g/mol. The Morgan fingerprint density at radius 1 is 1.29 bits per heavy atom. The molecule has 21 heavy (non-hydrogen) atoms. The quantitative estimate of drug-likeness (QED) is 0.512. The van der Waals surface area contributed by atoms with Gasteiger partial charge in [-0.05, 0) is 49.3 Å². The third-order valence-electron chi connectivity index (χ3n) is 3.90. The van der Waals surface area contributed by atoms with Crippen LogP contribution in [0.5, 0.6) is 0 Å². The van der Waals surface area contributed by atoms with Crippen molar-refractivity contribution in [2.45, 2.75) is 25.7 Å². The van der Waals surface area contributed by atoms with Gasteiger partial charge in [-0.1, -0.05) is 0 Å². The number of benzene rings is 1. The Morgan fingerprint density at radius 2 is 1.90 bits per heavy atom. The molecule has 112 valence electrons. The molecule has 0 bridgehead atoms. The Morgan fingerprint density at radius 3 is 2.43 bits per heavy atom. The topological polar surface area (TPSA) is 92.8 Å². The van der Waals surface area contributed by atoms with E-state index in [1.807, 2.05) is 0 Å². The van der Waals surface area contributed by atoms with Crippen LogP contribution in [-0.4, -0.2) is 28.8 Å². The number of carbonyl (C=O) groups is 1. The van der Waals surface area contributed by atoms with Crippen molar-refractivity contribution in [3.8, 4) is 0 Å². The number of hydrogen-bond donors (Lipinski definition) is 1. The van der Waals surface area contributed by atoms with Crippen LogP contribution in [0.15, 0.2) is 29.3 Å². The largest absolute Gasteiger partial charge is 0.481 e. The Bertz CT molecular complexity index is 531. The second-order valence-corrected chi connectivity index (χ2v) is 5.40. The van der Waals surface area contributed by atoms with E-state index in [4.69, 9.17) is 5.11 Å². The molecule has 1 aromatic rings. The van der Waals surface area contributed by atoms with E-state index >= 15 is 0 Å². The van der Waals surface area contributed by atoms with Gasteiger partial charge in [0.2, 0.25) is 0 Å². The predicted octanol–water partition coefficient (Wildman–Crippen LogP) is 2.90. The maximum Gasteiger partial charge on any atom is 0.306 e. The summed E-state index contributed by atoms with van der Waals surface area (Å²) in [7, 11) is 0. The van der Waals surface area contributed by atoms with Gasteiger partial charge in [0.05, 0.1) is 10.8 Å². The van der Waals surface area contributed by atoms with Crippen molar-refractivity contribution < 1.29 is 14.8 Å². The number of carboxylic acid groups (broad SMARTS) is 1. The Hall–Kier alpha value is -2.24. The molecular formula is C15H18N2O4. The monoisotopic (exact) mass is 290 g/mol. The molecule has 6 heteroatoms. The van der Waals surface area contributed by atoms with Crippen molar-refractivity contribution in [1.29, 1.82) is 0 Å². The molecule has 1 N–H and O–H groups in total. The van der Waals surface area contributed by atoms with Gasteiger partial charge in [0.15, 0.2) is 0 Å². The zero-order valence-corrected chi connectivity index (χ0v) is 11.6. The third kappa shape index (κ3) is 4.37. The Balaban J connectivity index is 1.80. The fourth-order valence-electron chi connectivity index (χ4n) is 2.58. The van der Waals surface area contributed by atoms with Crippen LogP contribution < -0.4 is 0 Å². The molecule has 0 spiro atoms. The van der Waals surface area contributed by atoms with Crippen molar-refractivity contribution in [1.82, 2.24) is 0 Å². The number of hydrogen-bond acceptors (Lipinski definition) is 4. The molecule has 1 aliphatic rings. The van der Waals surface area contributed by atoms with E-state index in [-0.39, 0.29) is 11.6 Å². The van der Waals surface area contributed by atoms with E-state index in [0.717, 1.165) is 31.2 Å². The lowest BCUT2D eigenvalue weighted by atomic mass is 9.82. The molecule has 1 fully saturated rings. The molecule has 1 saturated carbocycles. The van der Waals surface area contributed by atoms with E-state index in [2.05, 4.69) is 4.99 Å². The summed E-state index contributed by atoms with van der Waals surface area (Å²) < 4.78 is 0. The van der Waals surface area contributed by atoms with Crippen molar-refractivity contribution >= 4 is 17.9 Å². The number of nitrogens with zero attached hydrogens (tertiary/aromatic N) is 2. The minimum Gasteiger partial charge on any atom is -0.481 e. The molecule has 2 rings (SSSR count). The number of carboxylic acids is 1. The number of rotatable bonds is 5. The predicted molar refractivity (Wildman–Crippen MR) is 78.6 cm³/mol. The second kappa shape index (κ2) is 6.97. The molecule has 1 aromatic carbocycles. The minimum atomic E-state index is -0.692. The minimum absolute atomic E-state index is 0.0687. The van der Waals surface area contributed by atoms with Crippen molar-refractivity contribution in [2.24, 2.45) is 16.8 Å². The summed E-state index contributed by atoms with van der Waals surface area (Å²) in [5.41, 5.74) is 0.902. The Labute approximate surface area is 122 Å². The van der Waals surface area contributed by atoms with Gasteiger partial charge >= 0.3 is 5.97 Å². The first kappa shape index (κ1) is 15.2. The van der Waals surface area contributed by atoms with Crippen LogP contribution in [-0.2, 0) is 4.79 Å². The van der Waals surface area contributed by atoms with Crippen LogP contribution in [0.3, 0.4) is 0 Å². The van der Waals surface area contributed by atoms with Gasteiger partial charge in [-0.3, -0.25) is 19.9 Å². The first-order valence-corrected chi connectivity index (χ1v) is 7.03. The lowest BCUT2D eigenvalue weighted by molar-refractivity contribution is -0.384. The van der Waals surface area contributed by atoms with E-state index in [1.165, 1.54) is 12.1 Å². The summed E-state index contributed by atoms with van der Waals surface area (Å²) in [6, 6.07) is 6.25. The zero-order chi connectivity index (χ0) is 15.2. The van der Waals surface area contributed by atoms with Crippen molar-refractivity contribution in [3.05, 3.63) is 39.9 Å². The fraction of sp³-hybridized carbons (Fsp3) is 0.467.